The molecule has 0 rings (SSSR count). The van der Waals surface area contributed by atoms with Gasteiger partial charge in [-0.2, -0.15) is 0 Å². The van der Waals surface area contributed by atoms with Crippen LogP contribution in [0.15, 0.2) is 48.6 Å². The summed E-state index contributed by atoms with van der Waals surface area (Å²) >= 11 is 0. The van der Waals surface area contributed by atoms with E-state index >= 15 is 0 Å². The molecule has 0 amide bonds. The van der Waals surface area contributed by atoms with E-state index in [1.54, 1.807) is 12.2 Å². The number of unbranched alkanes of at least 4 members (excludes halogenated alkanes) is 17. The van der Waals surface area contributed by atoms with E-state index in [9.17, 15) is 24.2 Å². The van der Waals surface area contributed by atoms with Crippen LogP contribution in [0.25, 0.3) is 0 Å². The van der Waals surface area contributed by atoms with E-state index in [4.69, 9.17) is 18.5 Å². The molecule has 0 saturated carbocycles. The highest BCUT2D eigenvalue weighted by molar-refractivity contribution is 7.45. The molecule has 0 fully saturated rings. The molecule has 0 aliphatic carbocycles. The number of quaternary nitrogens is 1. The maximum Gasteiger partial charge on any atom is 0.306 e. The predicted octanol–water partition coefficient (Wildman–Crippen LogP) is 10.6. The van der Waals surface area contributed by atoms with Crippen molar-refractivity contribution in [2.24, 2.45) is 0 Å². The van der Waals surface area contributed by atoms with E-state index in [1.165, 1.54) is 83.5 Å². The third kappa shape index (κ3) is 40.1. The van der Waals surface area contributed by atoms with Gasteiger partial charge in [0.1, 0.15) is 19.8 Å². The molecule has 0 aliphatic rings. The summed E-state index contributed by atoms with van der Waals surface area (Å²) in [6, 6.07) is 0. The van der Waals surface area contributed by atoms with E-state index in [1.807, 2.05) is 39.4 Å². The largest absolute Gasteiger partial charge is 0.756 e. The zero-order valence-electron chi connectivity index (χ0n) is 36.2. The lowest BCUT2D eigenvalue weighted by Gasteiger charge is -2.28. The number of hydrogen-bond donors (Lipinski definition) is 1. The molecule has 0 saturated heterocycles. The van der Waals surface area contributed by atoms with Crippen LogP contribution in [0.5, 0.6) is 0 Å². The number of aliphatic hydroxyl groups is 1. The molecule has 326 valence electrons. The monoisotopic (exact) mass is 812 g/mol. The van der Waals surface area contributed by atoms with Gasteiger partial charge in [0, 0.05) is 12.8 Å². The summed E-state index contributed by atoms with van der Waals surface area (Å²) < 4.78 is 33.8. The number of rotatable bonds is 39. The van der Waals surface area contributed by atoms with Crippen molar-refractivity contribution in [2.45, 2.75) is 180 Å². The van der Waals surface area contributed by atoms with Crippen molar-refractivity contribution in [3.63, 3.8) is 0 Å². The van der Waals surface area contributed by atoms with Crippen molar-refractivity contribution < 1.29 is 47.2 Å². The minimum Gasteiger partial charge on any atom is -0.756 e. The molecule has 0 aromatic rings. The van der Waals surface area contributed by atoms with Gasteiger partial charge in [-0.3, -0.25) is 14.2 Å². The molecular weight excluding hydrogens is 729 g/mol. The van der Waals surface area contributed by atoms with Gasteiger partial charge in [-0.1, -0.05) is 159 Å². The number of phosphoric ester groups is 1. The molecule has 11 heteroatoms. The second-order valence-corrected chi connectivity index (χ2v) is 17.3. The summed E-state index contributed by atoms with van der Waals surface area (Å²) in [7, 11) is 1.09. The summed E-state index contributed by atoms with van der Waals surface area (Å²) in [5.74, 6) is -0.964. The first-order chi connectivity index (χ1) is 26.9. The number of aliphatic hydroxyl groups excluding tert-OH is 1. The molecule has 0 radical (unpaired) electrons. The summed E-state index contributed by atoms with van der Waals surface area (Å²) in [5.41, 5.74) is 0. The number of hydrogen-bond acceptors (Lipinski definition) is 9. The standard InChI is InChI=1S/C45H82NO9P/c1-6-8-10-12-14-16-17-18-19-20-22-24-28-33-37-45(49)55-43(41-54-56(50,51)53-39-38-46(3,4)5)40-52-44(48)36-32-29-25-27-31-35-42(47)34-30-26-23-21-15-13-11-9-7-2/h15,21,25-27,30-31,35,42-43,47H,6-14,16-20,22-24,28-29,32-34,36-41H2,1-5H3/b21-15-,27-25+,30-26-,35-31-/t42?,43-/m1/s1. The van der Waals surface area contributed by atoms with Crippen molar-refractivity contribution in [1.29, 1.82) is 0 Å². The molecule has 0 aliphatic heterocycles. The Bertz CT molecular complexity index is 1120. The average molecular weight is 812 g/mol. The Morgan fingerprint density at radius 1 is 0.661 bits per heavy atom. The number of carbonyl (C=O) groups is 2. The number of carbonyl (C=O) groups excluding carboxylic acids is 2. The number of nitrogens with zero attached hydrogens (tertiary/aromatic N) is 1. The number of likely N-dealkylation sites (N-methyl/N-ethyl adjacent to an activating group) is 1. The predicted molar refractivity (Wildman–Crippen MR) is 228 cm³/mol. The molecule has 0 heterocycles. The van der Waals surface area contributed by atoms with Gasteiger partial charge in [0.2, 0.25) is 0 Å². The molecule has 0 bridgehead atoms. The van der Waals surface area contributed by atoms with Crippen LogP contribution < -0.4 is 4.89 Å². The molecule has 0 spiro atoms. The second kappa shape index (κ2) is 37.2. The van der Waals surface area contributed by atoms with Crippen LogP contribution >= 0.6 is 7.82 Å². The Kier molecular flexibility index (Phi) is 35.8. The summed E-state index contributed by atoms with van der Waals surface area (Å²) in [4.78, 5) is 37.5. The van der Waals surface area contributed by atoms with Gasteiger partial charge >= 0.3 is 11.9 Å². The number of phosphoric acid groups is 1. The summed E-state index contributed by atoms with van der Waals surface area (Å²) in [6.07, 6.45) is 38.8. The van der Waals surface area contributed by atoms with Crippen molar-refractivity contribution in [3.8, 4) is 0 Å². The van der Waals surface area contributed by atoms with Crippen LogP contribution in [0.3, 0.4) is 0 Å². The van der Waals surface area contributed by atoms with Crippen molar-refractivity contribution in [1.82, 2.24) is 0 Å². The van der Waals surface area contributed by atoms with E-state index in [-0.39, 0.29) is 26.1 Å². The van der Waals surface area contributed by atoms with Crippen LogP contribution in [0.4, 0.5) is 0 Å². The zero-order valence-corrected chi connectivity index (χ0v) is 37.1. The van der Waals surface area contributed by atoms with Crippen molar-refractivity contribution in [3.05, 3.63) is 48.6 Å². The molecule has 56 heavy (non-hydrogen) atoms. The lowest BCUT2D eigenvalue weighted by molar-refractivity contribution is -0.870. The highest BCUT2D eigenvalue weighted by Crippen LogP contribution is 2.38. The fourth-order valence-electron chi connectivity index (χ4n) is 5.67. The fraction of sp³-hybridized carbons (Fsp3) is 0.778. The molecular formula is C45H82NO9P. The Morgan fingerprint density at radius 2 is 1.21 bits per heavy atom. The molecule has 0 aromatic heterocycles. The van der Waals surface area contributed by atoms with Gasteiger partial charge in [-0.15, -0.1) is 0 Å². The number of ether oxygens (including phenoxy) is 2. The van der Waals surface area contributed by atoms with Crippen molar-refractivity contribution in [2.75, 3.05) is 47.5 Å². The molecule has 3 atom stereocenters. The third-order valence-electron chi connectivity index (χ3n) is 9.18. The highest BCUT2D eigenvalue weighted by atomic mass is 31.2. The van der Waals surface area contributed by atoms with E-state index in [0.29, 0.717) is 36.7 Å². The van der Waals surface area contributed by atoms with E-state index in [2.05, 4.69) is 32.1 Å². The van der Waals surface area contributed by atoms with Crippen molar-refractivity contribution >= 4 is 19.8 Å². The lowest BCUT2D eigenvalue weighted by atomic mass is 10.0. The zero-order chi connectivity index (χ0) is 41.6. The van der Waals surface area contributed by atoms with Gasteiger partial charge in [0.05, 0.1) is 33.9 Å². The molecule has 1 N–H and O–H groups in total. The maximum atomic E-state index is 12.7. The third-order valence-corrected chi connectivity index (χ3v) is 10.1. The molecule has 10 nitrogen and oxygen atoms in total. The Morgan fingerprint density at radius 3 is 1.84 bits per heavy atom. The normalized spacial score (nSPS) is 14.6. The number of allylic oxidation sites excluding steroid dienone is 6. The van der Waals surface area contributed by atoms with Crippen LogP contribution in [0.2, 0.25) is 0 Å². The smallest absolute Gasteiger partial charge is 0.306 e. The van der Waals surface area contributed by atoms with E-state index < -0.39 is 38.6 Å². The van der Waals surface area contributed by atoms with Gasteiger partial charge in [0.15, 0.2) is 6.10 Å². The van der Waals surface area contributed by atoms with Crippen LogP contribution in [0.1, 0.15) is 168 Å². The molecule has 2 unspecified atom stereocenters. The Hall–Kier alpha value is -2.07. The van der Waals surface area contributed by atoms with Gasteiger partial charge in [0.25, 0.3) is 7.82 Å². The SMILES string of the molecule is CCCCC/C=C\C/C=C\CC(O)/C=C\C=C\CCCC(=O)OC[C@H](COP(=O)([O-])OCC[N+](C)(C)C)OC(=O)CCCCCCCCCCCCCCCC. The summed E-state index contributed by atoms with van der Waals surface area (Å²) in [5, 5.41) is 10.1. The quantitative estimate of drug-likeness (QED) is 0.0161. The maximum absolute atomic E-state index is 12.7. The minimum atomic E-state index is -4.65. The van der Waals surface area contributed by atoms with E-state index in [0.717, 1.165) is 32.1 Å². The van der Waals surface area contributed by atoms with Gasteiger partial charge in [-0.25, -0.2) is 0 Å². The fourth-order valence-corrected chi connectivity index (χ4v) is 6.40. The topological polar surface area (TPSA) is 131 Å². The van der Waals surface area contributed by atoms with Crippen LogP contribution in [0, 0.1) is 0 Å². The Balaban J connectivity index is 4.54. The van der Waals surface area contributed by atoms with Gasteiger partial charge < -0.3 is 33.0 Å². The average Bonchev–Trinajstić information content (AvgIpc) is 3.14. The van der Waals surface area contributed by atoms with Crippen LogP contribution in [-0.4, -0.2) is 81.2 Å². The second-order valence-electron chi connectivity index (χ2n) is 15.9. The Labute approximate surface area is 342 Å². The summed E-state index contributed by atoms with van der Waals surface area (Å²) in [6.45, 7) is 4.03. The highest BCUT2D eigenvalue weighted by Gasteiger charge is 2.21. The first kappa shape index (κ1) is 53.9. The van der Waals surface area contributed by atoms with Crippen LogP contribution in [-0.2, 0) is 32.7 Å². The first-order valence-corrected chi connectivity index (χ1v) is 23.4. The molecule has 0 aromatic carbocycles. The van der Waals surface area contributed by atoms with Gasteiger partial charge in [-0.05, 0) is 44.9 Å². The first-order valence-electron chi connectivity index (χ1n) is 22.0. The minimum absolute atomic E-state index is 0.0532. The lowest BCUT2D eigenvalue weighted by Crippen LogP contribution is -2.37. The number of esters is 2.